The van der Waals surface area contributed by atoms with Crippen LogP contribution >= 0.6 is 0 Å². The van der Waals surface area contributed by atoms with Crippen molar-refractivity contribution in [3.05, 3.63) is 12.1 Å². The third-order valence-electron chi connectivity index (χ3n) is 2.21. The highest BCUT2D eigenvalue weighted by molar-refractivity contribution is 5.49. The molecule has 1 heterocycles. The Morgan fingerprint density at radius 1 is 1.33 bits per heavy atom. The largest absolute Gasteiger partial charge is 0.478 e. The monoisotopic (exact) mass is 253 g/mol. The van der Waals surface area contributed by atoms with Crippen molar-refractivity contribution >= 4 is 5.69 Å². The maximum Gasteiger partial charge on any atom is 0.240 e. The van der Waals surface area contributed by atoms with Crippen LogP contribution in [0.25, 0.3) is 0 Å². The van der Waals surface area contributed by atoms with Gasteiger partial charge in [0.05, 0.1) is 18.4 Å². The highest BCUT2D eigenvalue weighted by atomic mass is 16.5. The lowest BCUT2D eigenvalue weighted by atomic mass is 10.4. The summed E-state index contributed by atoms with van der Waals surface area (Å²) < 4.78 is 11.1. The molecule has 0 saturated heterocycles. The molecule has 0 aromatic carbocycles. The minimum Gasteiger partial charge on any atom is -0.478 e. The van der Waals surface area contributed by atoms with E-state index in [-0.39, 0.29) is 6.10 Å². The fraction of sp³-hybridized carbons (Fsp3) is 0.615. The van der Waals surface area contributed by atoms with Crippen molar-refractivity contribution in [1.82, 2.24) is 9.88 Å². The van der Waals surface area contributed by atoms with Crippen LogP contribution in [0.4, 0.5) is 5.69 Å². The van der Waals surface area contributed by atoms with Gasteiger partial charge in [0.2, 0.25) is 11.8 Å². The van der Waals surface area contributed by atoms with Crippen LogP contribution in [0.1, 0.15) is 20.3 Å². The van der Waals surface area contributed by atoms with Gasteiger partial charge in [0.15, 0.2) is 0 Å². The van der Waals surface area contributed by atoms with E-state index >= 15 is 0 Å². The zero-order chi connectivity index (χ0) is 13.5. The minimum atomic E-state index is 0.0452. The molecule has 0 atom stereocenters. The molecule has 0 aliphatic carbocycles. The second kappa shape index (κ2) is 7.06. The van der Waals surface area contributed by atoms with Crippen molar-refractivity contribution in [3.8, 4) is 11.8 Å². The van der Waals surface area contributed by atoms with E-state index in [4.69, 9.17) is 15.2 Å². The fourth-order valence-electron chi connectivity index (χ4n) is 1.39. The Bertz CT molecular complexity index is 367. The Hall–Kier alpha value is -1.49. The molecule has 0 bridgehead atoms. The average molecular weight is 253 g/mol. The lowest BCUT2D eigenvalue weighted by molar-refractivity contribution is 0.225. The summed E-state index contributed by atoms with van der Waals surface area (Å²) in [6.07, 6.45) is 1.00. The Morgan fingerprint density at radius 3 is 2.67 bits per heavy atom. The van der Waals surface area contributed by atoms with Crippen molar-refractivity contribution < 1.29 is 9.47 Å². The van der Waals surface area contributed by atoms with Crippen molar-refractivity contribution in [1.29, 1.82) is 0 Å². The zero-order valence-corrected chi connectivity index (χ0v) is 11.6. The second-order valence-corrected chi connectivity index (χ2v) is 4.72. The van der Waals surface area contributed by atoms with E-state index < -0.39 is 0 Å². The van der Waals surface area contributed by atoms with Gasteiger partial charge in [0.25, 0.3) is 0 Å². The number of pyridine rings is 1. The maximum atomic E-state index is 5.78. The third-order valence-corrected chi connectivity index (χ3v) is 2.21. The Balaban J connectivity index is 2.51. The molecule has 0 unspecified atom stereocenters. The van der Waals surface area contributed by atoms with Crippen molar-refractivity contribution in [2.75, 3.05) is 33.0 Å². The number of hydrogen-bond acceptors (Lipinski definition) is 5. The lowest BCUT2D eigenvalue weighted by Gasteiger charge is -2.13. The van der Waals surface area contributed by atoms with E-state index in [1.165, 1.54) is 0 Å². The first-order valence-corrected chi connectivity index (χ1v) is 6.19. The van der Waals surface area contributed by atoms with Gasteiger partial charge in [-0.3, -0.25) is 0 Å². The molecule has 0 aliphatic rings. The SMILES string of the molecule is CC(C)Oc1nc(OCCCN(C)C)ccc1N. The molecule has 5 nitrogen and oxygen atoms in total. The molecule has 0 amide bonds. The molecule has 0 saturated carbocycles. The Labute approximate surface area is 109 Å². The molecule has 5 heteroatoms. The van der Waals surface area contributed by atoms with Crippen molar-refractivity contribution in [2.24, 2.45) is 0 Å². The van der Waals surface area contributed by atoms with E-state index in [1.54, 1.807) is 12.1 Å². The predicted octanol–water partition coefficient (Wildman–Crippen LogP) is 1.78. The molecule has 0 aliphatic heterocycles. The number of hydrogen-bond donors (Lipinski definition) is 1. The van der Waals surface area contributed by atoms with E-state index in [9.17, 15) is 0 Å². The molecule has 0 fully saturated rings. The first-order chi connectivity index (χ1) is 8.49. The van der Waals surface area contributed by atoms with E-state index in [2.05, 4.69) is 9.88 Å². The Morgan fingerprint density at radius 2 is 2.06 bits per heavy atom. The summed E-state index contributed by atoms with van der Waals surface area (Å²) in [4.78, 5) is 6.36. The molecular formula is C13H23N3O2. The maximum absolute atomic E-state index is 5.78. The lowest BCUT2D eigenvalue weighted by Crippen LogP contribution is -2.16. The van der Waals surface area contributed by atoms with Crippen LogP contribution in [-0.4, -0.2) is 43.2 Å². The standard InChI is InChI=1S/C13H23N3O2/c1-10(2)18-13-11(14)6-7-12(15-13)17-9-5-8-16(3)4/h6-7,10H,5,8-9,14H2,1-4H3. The molecule has 0 radical (unpaired) electrons. The van der Waals surface area contributed by atoms with Gasteiger partial charge in [-0.15, -0.1) is 0 Å². The quantitative estimate of drug-likeness (QED) is 0.751. The summed E-state index contributed by atoms with van der Waals surface area (Å²) >= 11 is 0. The van der Waals surface area contributed by atoms with E-state index in [0.29, 0.717) is 24.1 Å². The van der Waals surface area contributed by atoms with Crippen LogP contribution in [-0.2, 0) is 0 Å². The number of nitrogens with two attached hydrogens (primary N) is 1. The summed E-state index contributed by atoms with van der Waals surface area (Å²) in [7, 11) is 4.08. The average Bonchev–Trinajstić information content (AvgIpc) is 2.27. The highest BCUT2D eigenvalue weighted by Gasteiger charge is 2.07. The molecule has 0 spiro atoms. The van der Waals surface area contributed by atoms with Gasteiger partial charge < -0.3 is 20.1 Å². The van der Waals surface area contributed by atoms with Gasteiger partial charge >= 0.3 is 0 Å². The molecule has 1 aromatic rings. The minimum absolute atomic E-state index is 0.0452. The summed E-state index contributed by atoms with van der Waals surface area (Å²) in [5, 5.41) is 0. The van der Waals surface area contributed by atoms with Crippen LogP contribution in [0.3, 0.4) is 0 Å². The number of anilines is 1. The first kappa shape index (κ1) is 14.6. The highest BCUT2D eigenvalue weighted by Crippen LogP contribution is 2.23. The summed E-state index contributed by atoms with van der Waals surface area (Å²) in [5.74, 6) is 0.994. The molecule has 2 N–H and O–H groups in total. The second-order valence-electron chi connectivity index (χ2n) is 4.72. The Kier molecular flexibility index (Phi) is 5.71. The molecule has 1 aromatic heterocycles. The van der Waals surface area contributed by atoms with E-state index in [0.717, 1.165) is 13.0 Å². The predicted molar refractivity (Wildman–Crippen MR) is 73.1 cm³/mol. The van der Waals surface area contributed by atoms with Crippen LogP contribution in [0.5, 0.6) is 11.8 Å². The summed E-state index contributed by atoms with van der Waals surface area (Å²) in [5.41, 5.74) is 6.31. The first-order valence-electron chi connectivity index (χ1n) is 6.19. The molecule has 102 valence electrons. The van der Waals surface area contributed by atoms with Crippen LogP contribution in [0, 0.1) is 0 Å². The molecule has 1 rings (SSSR count). The fourth-order valence-corrected chi connectivity index (χ4v) is 1.39. The number of nitrogens with zero attached hydrogens (tertiary/aromatic N) is 2. The van der Waals surface area contributed by atoms with Gasteiger partial charge in [-0.25, -0.2) is 0 Å². The number of aromatic nitrogens is 1. The van der Waals surface area contributed by atoms with Crippen LogP contribution in [0.2, 0.25) is 0 Å². The molecule has 18 heavy (non-hydrogen) atoms. The van der Waals surface area contributed by atoms with Crippen LogP contribution in [0.15, 0.2) is 12.1 Å². The van der Waals surface area contributed by atoms with E-state index in [1.807, 2.05) is 27.9 Å². The number of nitrogen functional groups attached to an aromatic ring is 1. The molecular weight excluding hydrogens is 230 g/mol. The zero-order valence-electron chi connectivity index (χ0n) is 11.6. The number of rotatable bonds is 7. The normalized spacial score (nSPS) is 11.0. The van der Waals surface area contributed by atoms with Crippen molar-refractivity contribution in [2.45, 2.75) is 26.4 Å². The summed E-state index contributed by atoms with van der Waals surface area (Å²) in [6, 6.07) is 3.52. The van der Waals surface area contributed by atoms with Crippen LogP contribution < -0.4 is 15.2 Å². The third kappa shape index (κ3) is 5.23. The van der Waals surface area contributed by atoms with Gasteiger partial charge in [0, 0.05) is 12.6 Å². The van der Waals surface area contributed by atoms with Gasteiger partial charge in [-0.1, -0.05) is 0 Å². The van der Waals surface area contributed by atoms with Gasteiger partial charge in [0.1, 0.15) is 0 Å². The van der Waals surface area contributed by atoms with Gasteiger partial charge in [-0.2, -0.15) is 4.98 Å². The summed E-state index contributed by atoms with van der Waals surface area (Å²) in [6.45, 7) is 5.50. The van der Waals surface area contributed by atoms with Gasteiger partial charge in [-0.05, 0) is 40.4 Å². The number of ether oxygens (including phenoxy) is 2. The smallest absolute Gasteiger partial charge is 0.240 e. The topological polar surface area (TPSA) is 60.6 Å². The van der Waals surface area contributed by atoms with Crippen molar-refractivity contribution in [3.63, 3.8) is 0 Å².